The first-order valence-electron chi connectivity index (χ1n) is 6.11. The van der Waals surface area contributed by atoms with Crippen molar-refractivity contribution in [2.24, 2.45) is 5.41 Å². The van der Waals surface area contributed by atoms with Crippen LogP contribution < -0.4 is 0 Å². The van der Waals surface area contributed by atoms with Gasteiger partial charge >= 0.3 is 0 Å². The van der Waals surface area contributed by atoms with E-state index in [1.807, 2.05) is 0 Å². The molecule has 1 rings (SSSR count). The highest BCUT2D eigenvalue weighted by atomic mass is 79.9. The minimum Gasteiger partial charge on any atom is -0.0876 e. The predicted molar refractivity (Wildman–Crippen MR) is 76.2 cm³/mol. The van der Waals surface area contributed by atoms with Crippen LogP contribution in [0.4, 0.5) is 0 Å². The Labute approximate surface area is 109 Å². The molecule has 90 valence electrons. The molecule has 0 N–H and O–H groups in total. The van der Waals surface area contributed by atoms with Gasteiger partial charge in [-0.3, -0.25) is 0 Å². The van der Waals surface area contributed by atoms with Crippen molar-refractivity contribution in [3.05, 3.63) is 35.4 Å². The second kappa shape index (κ2) is 5.86. The predicted octanol–water partition coefficient (Wildman–Crippen LogP) is 5.51. The maximum absolute atomic E-state index is 3.48. The number of hydrogen-bond donors (Lipinski definition) is 0. The van der Waals surface area contributed by atoms with Gasteiger partial charge in [-0.1, -0.05) is 67.9 Å². The highest BCUT2D eigenvalue weighted by Gasteiger charge is 2.18. The SMILES string of the molecule is CCC(CC(C)(C)C)c1ccc(CBr)cc1. The minimum absolute atomic E-state index is 0.411. The summed E-state index contributed by atoms with van der Waals surface area (Å²) in [7, 11) is 0. The normalized spacial score (nSPS) is 13.8. The van der Waals surface area contributed by atoms with Crippen LogP contribution in [0.1, 0.15) is 57.6 Å². The quantitative estimate of drug-likeness (QED) is 0.639. The Morgan fingerprint density at radius 1 is 1.12 bits per heavy atom. The largest absolute Gasteiger partial charge is 0.0876 e. The summed E-state index contributed by atoms with van der Waals surface area (Å²) < 4.78 is 0. The fraction of sp³-hybridized carbons (Fsp3) is 0.600. The summed E-state index contributed by atoms with van der Waals surface area (Å²) in [4.78, 5) is 0. The first kappa shape index (κ1) is 13.8. The Hall–Kier alpha value is -0.300. The maximum Gasteiger partial charge on any atom is 0.0283 e. The molecule has 0 saturated heterocycles. The van der Waals surface area contributed by atoms with Gasteiger partial charge in [0.15, 0.2) is 0 Å². The molecular weight excluding hydrogens is 260 g/mol. The van der Waals surface area contributed by atoms with Gasteiger partial charge < -0.3 is 0 Å². The van der Waals surface area contributed by atoms with Gasteiger partial charge in [-0.15, -0.1) is 0 Å². The van der Waals surface area contributed by atoms with Gasteiger partial charge in [0.05, 0.1) is 0 Å². The Bertz CT molecular complexity index is 305. The molecule has 0 aliphatic heterocycles. The smallest absolute Gasteiger partial charge is 0.0283 e. The van der Waals surface area contributed by atoms with Crippen LogP contribution in [0.15, 0.2) is 24.3 Å². The summed E-state index contributed by atoms with van der Waals surface area (Å²) in [5.41, 5.74) is 3.26. The van der Waals surface area contributed by atoms with Crippen LogP contribution in [0.3, 0.4) is 0 Å². The molecule has 0 radical (unpaired) electrons. The van der Waals surface area contributed by atoms with Gasteiger partial charge in [-0.25, -0.2) is 0 Å². The molecule has 0 bridgehead atoms. The summed E-state index contributed by atoms with van der Waals surface area (Å²) in [5.74, 6) is 0.698. The van der Waals surface area contributed by atoms with E-state index in [0.717, 1.165) is 5.33 Å². The second-order valence-corrected chi connectivity index (χ2v) is 6.31. The maximum atomic E-state index is 3.48. The van der Waals surface area contributed by atoms with Gasteiger partial charge in [-0.2, -0.15) is 0 Å². The lowest BCUT2D eigenvalue weighted by atomic mass is 9.80. The fourth-order valence-corrected chi connectivity index (χ4v) is 2.49. The highest BCUT2D eigenvalue weighted by Crippen LogP contribution is 2.33. The fourth-order valence-electron chi connectivity index (χ4n) is 2.12. The van der Waals surface area contributed by atoms with Crippen molar-refractivity contribution in [1.29, 1.82) is 0 Å². The summed E-state index contributed by atoms with van der Waals surface area (Å²) in [6.07, 6.45) is 2.49. The summed E-state index contributed by atoms with van der Waals surface area (Å²) in [5, 5.41) is 0.948. The van der Waals surface area contributed by atoms with E-state index in [4.69, 9.17) is 0 Å². The van der Waals surface area contributed by atoms with Crippen LogP contribution in [-0.4, -0.2) is 0 Å². The van der Waals surface area contributed by atoms with Gasteiger partial charge in [0.25, 0.3) is 0 Å². The van der Waals surface area contributed by atoms with Crippen LogP contribution in [0, 0.1) is 5.41 Å². The number of alkyl halides is 1. The van der Waals surface area contributed by atoms with Gasteiger partial charge in [-0.05, 0) is 35.3 Å². The molecule has 1 atom stereocenters. The van der Waals surface area contributed by atoms with Crippen LogP contribution in [0.2, 0.25) is 0 Å². The molecule has 0 aliphatic carbocycles. The Morgan fingerprint density at radius 3 is 2.06 bits per heavy atom. The van der Waals surface area contributed by atoms with E-state index < -0.39 is 0 Å². The topological polar surface area (TPSA) is 0 Å². The number of halogens is 1. The first-order chi connectivity index (χ1) is 7.46. The molecule has 1 unspecified atom stereocenters. The average Bonchev–Trinajstić information content (AvgIpc) is 2.25. The summed E-state index contributed by atoms with van der Waals surface area (Å²) in [6, 6.07) is 9.04. The van der Waals surface area contributed by atoms with E-state index >= 15 is 0 Å². The van der Waals surface area contributed by atoms with Gasteiger partial charge in [0.1, 0.15) is 0 Å². The van der Waals surface area contributed by atoms with Crippen molar-refractivity contribution in [3.8, 4) is 0 Å². The molecule has 0 aliphatic rings. The van der Waals surface area contributed by atoms with E-state index in [9.17, 15) is 0 Å². The zero-order chi connectivity index (χ0) is 12.2. The summed E-state index contributed by atoms with van der Waals surface area (Å²) >= 11 is 3.48. The van der Waals surface area contributed by atoms with Crippen LogP contribution in [-0.2, 0) is 5.33 Å². The van der Waals surface area contributed by atoms with Crippen molar-refractivity contribution in [2.45, 2.75) is 51.8 Å². The molecule has 0 fully saturated rings. The standard InChI is InChI=1S/C15H23Br/c1-5-13(10-15(2,3)4)14-8-6-12(11-16)7-9-14/h6-9,13H,5,10-11H2,1-4H3. The highest BCUT2D eigenvalue weighted by molar-refractivity contribution is 9.08. The van der Waals surface area contributed by atoms with Crippen LogP contribution in [0.25, 0.3) is 0 Å². The van der Waals surface area contributed by atoms with Crippen molar-refractivity contribution >= 4 is 15.9 Å². The molecule has 1 heteroatoms. The Balaban J connectivity index is 2.79. The van der Waals surface area contributed by atoms with Crippen molar-refractivity contribution in [1.82, 2.24) is 0 Å². The minimum atomic E-state index is 0.411. The molecular formula is C15H23Br. The van der Waals surface area contributed by atoms with E-state index in [1.165, 1.54) is 24.0 Å². The van der Waals surface area contributed by atoms with Crippen LogP contribution in [0.5, 0.6) is 0 Å². The number of hydrogen-bond acceptors (Lipinski definition) is 0. The lowest BCUT2D eigenvalue weighted by Crippen LogP contribution is -2.11. The summed E-state index contributed by atoms with van der Waals surface area (Å²) in [6.45, 7) is 9.25. The van der Waals surface area contributed by atoms with Crippen LogP contribution >= 0.6 is 15.9 Å². The average molecular weight is 283 g/mol. The van der Waals surface area contributed by atoms with Gasteiger partial charge in [0, 0.05) is 5.33 Å². The van der Waals surface area contributed by atoms with E-state index in [-0.39, 0.29) is 0 Å². The molecule has 0 spiro atoms. The third kappa shape index (κ3) is 4.29. The number of benzene rings is 1. The monoisotopic (exact) mass is 282 g/mol. The van der Waals surface area contributed by atoms with Crippen molar-refractivity contribution in [3.63, 3.8) is 0 Å². The molecule has 16 heavy (non-hydrogen) atoms. The molecule has 0 nitrogen and oxygen atoms in total. The molecule has 1 aromatic carbocycles. The number of rotatable bonds is 4. The zero-order valence-electron chi connectivity index (χ0n) is 10.9. The molecule has 0 heterocycles. The van der Waals surface area contributed by atoms with Gasteiger partial charge in [0.2, 0.25) is 0 Å². The van der Waals surface area contributed by atoms with E-state index in [0.29, 0.717) is 11.3 Å². The lowest BCUT2D eigenvalue weighted by Gasteiger charge is -2.25. The van der Waals surface area contributed by atoms with Crippen molar-refractivity contribution < 1.29 is 0 Å². The molecule has 0 amide bonds. The first-order valence-corrected chi connectivity index (χ1v) is 7.23. The van der Waals surface area contributed by atoms with Crippen molar-refractivity contribution in [2.75, 3.05) is 0 Å². The zero-order valence-corrected chi connectivity index (χ0v) is 12.5. The lowest BCUT2D eigenvalue weighted by molar-refractivity contribution is 0.335. The third-order valence-corrected chi connectivity index (χ3v) is 3.60. The Morgan fingerprint density at radius 2 is 1.69 bits per heavy atom. The Kier molecular flexibility index (Phi) is 5.04. The second-order valence-electron chi connectivity index (χ2n) is 5.75. The molecule has 0 aromatic heterocycles. The van der Waals surface area contributed by atoms with E-state index in [1.54, 1.807) is 0 Å². The molecule has 0 saturated carbocycles. The third-order valence-electron chi connectivity index (χ3n) is 2.96. The van der Waals surface area contributed by atoms with E-state index in [2.05, 4.69) is 67.9 Å². The molecule has 1 aromatic rings.